The Hall–Kier alpha value is -1.34. The van der Waals surface area contributed by atoms with E-state index >= 15 is 0 Å². The number of anilines is 1. The minimum absolute atomic E-state index is 0.0915. The molecule has 0 aliphatic carbocycles. The first-order chi connectivity index (χ1) is 11.4. The first-order valence-corrected chi connectivity index (χ1v) is 8.42. The minimum Gasteiger partial charge on any atom is -0.490 e. The Balaban J connectivity index is 1.60. The average molecular weight is 321 g/mol. The highest BCUT2D eigenvalue weighted by molar-refractivity contribution is 5.61. The van der Waals surface area contributed by atoms with Crippen molar-refractivity contribution in [2.24, 2.45) is 0 Å². The molecule has 23 heavy (non-hydrogen) atoms. The van der Waals surface area contributed by atoms with Crippen molar-refractivity contribution >= 4 is 5.69 Å². The van der Waals surface area contributed by atoms with Crippen molar-refractivity contribution in [3.05, 3.63) is 23.8 Å². The molecule has 1 aromatic rings. The predicted molar refractivity (Wildman–Crippen MR) is 90.1 cm³/mol. The molecule has 2 aliphatic rings. The van der Waals surface area contributed by atoms with Crippen LogP contribution in [-0.2, 0) is 16.1 Å². The molecule has 1 unspecified atom stereocenters. The fourth-order valence-corrected chi connectivity index (χ4v) is 2.98. The van der Waals surface area contributed by atoms with Gasteiger partial charge in [-0.3, -0.25) is 5.32 Å². The molecule has 0 saturated carbocycles. The van der Waals surface area contributed by atoms with Crippen molar-refractivity contribution in [2.75, 3.05) is 57.9 Å². The summed E-state index contributed by atoms with van der Waals surface area (Å²) in [5.74, 6) is 0.967. The highest BCUT2D eigenvalue weighted by Gasteiger charge is 2.19. The lowest BCUT2D eigenvalue weighted by Crippen LogP contribution is -2.49. The maximum atomic E-state index is 5.94. The summed E-state index contributed by atoms with van der Waals surface area (Å²) >= 11 is 0. The van der Waals surface area contributed by atoms with Crippen LogP contribution in [0, 0.1) is 0 Å². The van der Waals surface area contributed by atoms with Crippen LogP contribution in [0.3, 0.4) is 0 Å². The van der Waals surface area contributed by atoms with E-state index in [-0.39, 0.29) is 6.23 Å². The van der Waals surface area contributed by atoms with Crippen LogP contribution < -0.4 is 20.3 Å². The third kappa shape index (κ3) is 4.57. The van der Waals surface area contributed by atoms with Gasteiger partial charge in [0.15, 0.2) is 0 Å². The fourth-order valence-electron chi connectivity index (χ4n) is 2.98. The maximum absolute atomic E-state index is 5.94. The van der Waals surface area contributed by atoms with E-state index in [1.165, 1.54) is 11.3 Å². The third-order valence-corrected chi connectivity index (χ3v) is 4.21. The maximum Gasteiger partial charge on any atom is 0.142 e. The highest BCUT2D eigenvalue weighted by Crippen LogP contribution is 2.32. The number of methoxy groups -OCH3 is 1. The summed E-state index contributed by atoms with van der Waals surface area (Å²) in [5, 5.41) is 6.69. The molecule has 6 heteroatoms. The van der Waals surface area contributed by atoms with Gasteiger partial charge in [-0.2, -0.15) is 0 Å². The van der Waals surface area contributed by atoms with E-state index in [1.54, 1.807) is 7.11 Å². The van der Waals surface area contributed by atoms with E-state index in [0.29, 0.717) is 6.61 Å². The van der Waals surface area contributed by atoms with Crippen LogP contribution in [0.15, 0.2) is 18.2 Å². The average Bonchev–Trinajstić information content (AvgIpc) is 2.61. The second-order valence-electron chi connectivity index (χ2n) is 5.94. The Bertz CT molecular complexity index is 492. The van der Waals surface area contributed by atoms with Crippen molar-refractivity contribution in [2.45, 2.75) is 19.3 Å². The zero-order valence-electron chi connectivity index (χ0n) is 13.8. The van der Waals surface area contributed by atoms with Gasteiger partial charge >= 0.3 is 0 Å². The highest BCUT2D eigenvalue weighted by atomic mass is 16.5. The number of benzene rings is 1. The van der Waals surface area contributed by atoms with Gasteiger partial charge in [-0.25, -0.2) is 0 Å². The molecule has 1 saturated heterocycles. The zero-order valence-corrected chi connectivity index (χ0v) is 13.8. The Morgan fingerprint density at radius 3 is 3.13 bits per heavy atom. The molecule has 0 amide bonds. The lowest BCUT2D eigenvalue weighted by Gasteiger charge is -2.32. The first-order valence-electron chi connectivity index (χ1n) is 8.42. The van der Waals surface area contributed by atoms with Gasteiger partial charge in [0, 0.05) is 39.9 Å². The molecular formula is C17H27N3O3. The quantitative estimate of drug-likeness (QED) is 0.730. The smallest absolute Gasteiger partial charge is 0.142 e. The SMILES string of the molecule is COCCCN1CCOc2ccc(COC3CNCCN3)cc21. The van der Waals surface area contributed by atoms with E-state index in [4.69, 9.17) is 14.2 Å². The van der Waals surface area contributed by atoms with Gasteiger partial charge < -0.3 is 24.4 Å². The van der Waals surface area contributed by atoms with Gasteiger partial charge in [0.2, 0.25) is 0 Å². The van der Waals surface area contributed by atoms with Gasteiger partial charge in [0.1, 0.15) is 18.6 Å². The van der Waals surface area contributed by atoms with Gasteiger partial charge in [-0.1, -0.05) is 6.07 Å². The van der Waals surface area contributed by atoms with Crippen molar-refractivity contribution in [3.8, 4) is 5.75 Å². The molecule has 2 N–H and O–H groups in total. The Labute approximate surface area is 138 Å². The molecular weight excluding hydrogens is 294 g/mol. The van der Waals surface area contributed by atoms with Gasteiger partial charge in [-0.05, 0) is 24.1 Å². The molecule has 2 heterocycles. The summed E-state index contributed by atoms with van der Waals surface area (Å²) in [6.07, 6.45) is 1.11. The number of hydrogen-bond acceptors (Lipinski definition) is 6. The monoisotopic (exact) mass is 321 g/mol. The van der Waals surface area contributed by atoms with Gasteiger partial charge in [0.25, 0.3) is 0 Å². The second kappa shape index (κ2) is 8.49. The molecule has 1 fully saturated rings. The second-order valence-corrected chi connectivity index (χ2v) is 5.94. The lowest BCUT2D eigenvalue weighted by molar-refractivity contribution is 0.00977. The van der Waals surface area contributed by atoms with E-state index in [0.717, 1.165) is 58.1 Å². The summed E-state index contributed by atoms with van der Waals surface area (Å²) in [5.41, 5.74) is 2.35. The molecule has 6 nitrogen and oxygen atoms in total. The third-order valence-electron chi connectivity index (χ3n) is 4.21. The van der Waals surface area contributed by atoms with E-state index < -0.39 is 0 Å². The van der Waals surface area contributed by atoms with E-state index in [1.807, 2.05) is 0 Å². The van der Waals surface area contributed by atoms with Crippen LogP contribution in [0.2, 0.25) is 0 Å². The number of nitrogens with one attached hydrogen (secondary N) is 2. The molecule has 0 bridgehead atoms. The topological polar surface area (TPSA) is 55.0 Å². The predicted octanol–water partition coefficient (Wildman–Crippen LogP) is 0.957. The van der Waals surface area contributed by atoms with Crippen LogP contribution in [0.5, 0.6) is 5.75 Å². The van der Waals surface area contributed by atoms with Crippen LogP contribution in [-0.4, -0.2) is 59.3 Å². The van der Waals surface area contributed by atoms with Crippen molar-refractivity contribution in [1.29, 1.82) is 0 Å². The Kier molecular flexibility index (Phi) is 6.10. The minimum atomic E-state index is 0.0915. The van der Waals surface area contributed by atoms with Crippen molar-refractivity contribution in [1.82, 2.24) is 10.6 Å². The first kappa shape index (κ1) is 16.5. The molecule has 0 radical (unpaired) electrons. The molecule has 3 rings (SSSR count). The van der Waals surface area contributed by atoms with Gasteiger partial charge in [0.05, 0.1) is 18.8 Å². The molecule has 0 aromatic heterocycles. The van der Waals surface area contributed by atoms with Crippen LogP contribution in [0.25, 0.3) is 0 Å². The normalized spacial score (nSPS) is 20.9. The Morgan fingerprint density at radius 2 is 2.30 bits per heavy atom. The van der Waals surface area contributed by atoms with Gasteiger partial charge in [-0.15, -0.1) is 0 Å². The summed E-state index contributed by atoms with van der Waals surface area (Å²) in [4.78, 5) is 2.38. The van der Waals surface area contributed by atoms with Crippen molar-refractivity contribution < 1.29 is 14.2 Å². The summed E-state index contributed by atoms with van der Waals surface area (Å²) in [6, 6.07) is 6.34. The largest absolute Gasteiger partial charge is 0.490 e. The lowest BCUT2D eigenvalue weighted by atomic mass is 10.1. The van der Waals surface area contributed by atoms with E-state index in [2.05, 4.69) is 33.7 Å². The molecule has 1 atom stereocenters. The molecule has 2 aliphatic heterocycles. The summed E-state index contributed by atoms with van der Waals surface area (Å²) < 4.78 is 16.9. The number of nitrogens with zero attached hydrogens (tertiary/aromatic N) is 1. The van der Waals surface area contributed by atoms with Crippen LogP contribution in [0.4, 0.5) is 5.69 Å². The number of ether oxygens (including phenoxy) is 3. The summed E-state index contributed by atoms with van der Waals surface area (Å²) in [7, 11) is 1.75. The Morgan fingerprint density at radius 1 is 1.35 bits per heavy atom. The zero-order chi connectivity index (χ0) is 15.9. The molecule has 0 spiro atoms. The van der Waals surface area contributed by atoms with E-state index in [9.17, 15) is 0 Å². The summed E-state index contributed by atoms with van der Waals surface area (Å²) in [6.45, 7) is 6.87. The van der Waals surface area contributed by atoms with Crippen LogP contribution >= 0.6 is 0 Å². The number of rotatable bonds is 7. The van der Waals surface area contributed by atoms with Crippen LogP contribution in [0.1, 0.15) is 12.0 Å². The number of fused-ring (bicyclic) bond motifs is 1. The molecule has 1 aromatic carbocycles. The fraction of sp³-hybridized carbons (Fsp3) is 0.647. The molecule has 128 valence electrons. The number of piperazine rings is 1. The van der Waals surface area contributed by atoms with Crippen molar-refractivity contribution in [3.63, 3.8) is 0 Å². The number of hydrogen-bond donors (Lipinski definition) is 2. The standard InChI is InChI=1S/C17H27N3O3/c1-21-9-2-7-20-8-10-22-16-4-3-14(11-15(16)20)13-23-17-12-18-5-6-19-17/h3-4,11,17-19H,2,5-10,12-13H2,1H3.